The number of likely N-dealkylation sites (tertiary alicyclic amines) is 1. The number of piperazine rings is 1. The molecule has 1 aromatic heterocycles. The van der Waals surface area contributed by atoms with Gasteiger partial charge in [0.25, 0.3) is 0 Å². The van der Waals surface area contributed by atoms with Crippen molar-refractivity contribution in [3.05, 3.63) is 52.5 Å². The van der Waals surface area contributed by atoms with Crippen molar-refractivity contribution in [1.29, 1.82) is 0 Å². The van der Waals surface area contributed by atoms with Gasteiger partial charge >= 0.3 is 12.1 Å². The van der Waals surface area contributed by atoms with Crippen molar-refractivity contribution in [2.45, 2.75) is 24.6 Å². The fourth-order valence-corrected chi connectivity index (χ4v) is 4.72. The van der Waals surface area contributed by atoms with Crippen molar-refractivity contribution in [1.82, 2.24) is 9.80 Å². The maximum absolute atomic E-state index is 13.6. The summed E-state index contributed by atoms with van der Waals surface area (Å²) in [5.74, 6) is -3.03. The molecule has 1 spiro atoms. The molecule has 2 fully saturated rings. The zero-order valence-corrected chi connectivity index (χ0v) is 19.0. The molecular formula is C22H23F4N3O4S. The van der Waals surface area contributed by atoms with E-state index in [1.807, 2.05) is 29.5 Å². The summed E-state index contributed by atoms with van der Waals surface area (Å²) in [4.78, 5) is 40.8. The molecule has 7 nitrogen and oxygen atoms in total. The molecule has 2 amide bonds. The molecule has 1 aromatic carbocycles. The van der Waals surface area contributed by atoms with Gasteiger partial charge in [0, 0.05) is 30.2 Å². The number of carboxylic acid groups (broad SMARTS) is 1. The zero-order valence-electron chi connectivity index (χ0n) is 18.2. The lowest BCUT2D eigenvalue weighted by Crippen LogP contribution is -2.64. The Balaban J connectivity index is 0.000000406. The van der Waals surface area contributed by atoms with Crippen molar-refractivity contribution in [3.63, 3.8) is 0 Å². The molecule has 3 heterocycles. The first-order valence-corrected chi connectivity index (χ1v) is 11.2. The Morgan fingerprint density at radius 1 is 1.18 bits per heavy atom. The van der Waals surface area contributed by atoms with Crippen molar-refractivity contribution in [3.8, 4) is 0 Å². The Labute approximate surface area is 197 Å². The quantitative estimate of drug-likeness (QED) is 0.655. The number of halogens is 4. The first kappa shape index (κ1) is 25.6. The summed E-state index contributed by atoms with van der Waals surface area (Å²) < 4.78 is 45.4. The fourth-order valence-electron chi connectivity index (χ4n) is 4.02. The summed E-state index contributed by atoms with van der Waals surface area (Å²) in [5, 5.41) is 9.10. The number of carboxylic acids is 1. The van der Waals surface area contributed by atoms with Crippen LogP contribution in [0.1, 0.15) is 11.3 Å². The number of alkyl halides is 3. The van der Waals surface area contributed by atoms with Crippen LogP contribution < -0.4 is 4.90 Å². The van der Waals surface area contributed by atoms with E-state index in [-0.39, 0.29) is 29.7 Å². The molecule has 1 atom stereocenters. The van der Waals surface area contributed by atoms with E-state index >= 15 is 0 Å². The number of benzene rings is 1. The molecule has 184 valence electrons. The molecule has 1 unspecified atom stereocenters. The van der Waals surface area contributed by atoms with E-state index < -0.39 is 12.1 Å². The monoisotopic (exact) mass is 501 g/mol. The van der Waals surface area contributed by atoms with Gasteiger partial charge in [0.05, 0.1) is 18.5 Å². The van der Waals surface area contributed by atoms with E-state index in [4.69, 9.17) is 9.90 Å². The van der Waals surface area contributed by atoms with Crippen LogP contribution >= 0.6 is 11.3 Å². The molecule has 2 saturated heterocycles. The molecule has 12 heteroatoms. The molecule has 4 rings (SSSR count). The predicted molar refractivity (Wildman–Crippen MR) is 117 cm³/mol. The second kappa shape index (κ2) is 10.1. The number of amides is 2. The van der Waals surface area contributed by atoms with Crippen molar-refractivity contribution in [2.75, 3.05) is 38.1 Å². The minimum atomic E-state index is -5.08. The summed E-state index contributed by atoms with van der Waals surface area (Å²) >= 11 is 1.59. The van der Waals surface area contributed by atoms with E-state index in [2.05, 4.69) is 4.90 Å². The van der Waals surface area contributed by atoms with E-state index in [1.165, 1.54) is 12.1 Å². The Morgan fingerprint density at radius 3 is 2.47 bits per heavy atom. The number of nitrogens with zero attached hydrogens (tertiary/aromatic N) is 3. The van der Waals surface area contributed by atoms with Gasteiger partial charge in [-0.05, 0) is 43.1 Å². The number of aliphatic carboxylic acids is 1. The van der Waals surface area contributed by atoms with Crippen LogP contribution in [0.25, 0.3) is 0 Å². The lowest BCUT2D eigenvalue weighted by Gasteiger charge is -2.46. The van der Waals surface area contributed by atoms with Crippen LogP contribution in [0.2, 0.25) is 0 Å². The topological polar surface area (TPSA) is 81.2 Å². The predicted octanol–water partition coefficient (Wildman–Crippen LogP) is 3.01. The summed E-state index contributed by atoms with van der Waals surface area (Å²) in [6, 6.07) is 10.1. The Kier molecular flexibility index (Phi) is 7.61. The van der Waals surface area contributed by atoms with Crippen molar-refractivity contribution in [2.24, 2.45) is 0 Å². The lowest BCUT2D eigenvalue weighted by molar-refractivity contribution is -0.192. The highest BCUT2D eigenvalue weighted by atomic mass is 32.1. The van der Waals surface area contributed by atoms with Gasteiger partial charge in [-0.15, -0.1) is 11.3 Å². The average Bonchev–Trinajstić information content (AvgIpc) is 3.41. The molecule has 0 saturated carbocycles. The maximum atomic E-state index is 13.6. The summed E-state index contributed by atoms with van der Waals surface area (Å²) in [5.41, 5.74) is 0.293. The highest BCUT2D eigenvalue weighted by Gasteiger charge is 2.48. The highest BCUT2D eigenvalue weighted by molar-refractivity contribution is 7.10. The fraction of sp³-hybridized carbons (Fsp3) is 0.409. The average molecular weight is 502 g/mol. The molecule has 0 bridgehead atoms. The number of thiophene rings is 1. The van der Waals surface area contributed by atoms with Gasteiger partial charge in [0.2, 0.25) is 11.8 Å². The Bertz CT molecular complexity index is 1050. The van der Waals surface area contributed by atoms with Gasteiger partial charge in [-0.1, -0.05) is 12.1 Å². The van der Waals surface area contributed by atoms with Gasteiger partial charge in [-0.3, -0.25) is 14.5 Å². The van der Waals surface area contributed by atoms with Crippen LogP contribution in [0.15, 0.2) is 41.8 Å². The first-order chi connectivity index (χ1) is 15.9. The van der Waals surface area contributed by atoms with Gasteiger partial charge in [-0.2, -0.15) is 13.2 Å². The number of rotatable bonds is 3. The molecule has 0 aliphatic carbocycles. The standard InChI is InChI=1S/C20H22FN3O2S.C2HF3O2/c1-22-12-19(26)24(16-5-2-4-15(21)10-16)14-20(22)7-8-23(13-20)18(25)11-17-6-3-9-27-17;3-2(4,5)1(6)7/h2-6,9-10H,7-8,11-14H2,1H3;(H,6,7). The molecule has 2 aliphatic rings. The SMILES string of the molecule is CN1CC(=O)N(c2cccc(F)c2)CC12CCN(C(=O)Cc1cccs1)C2.O=C(O)C(F)(F)F. The maximum Gasteiger partial charge on any atom is 0.490 e. The van der Waals surface area contributed by atoms with E-state index in [9.17, 15) is 27.2 Å². The summed E-state index contributed by atoms with van der Waals surface area (Å²) in [7, 11) is 1.94. The number of likely N-dealkylation sites (N-methyl/N-ethyl adjacent to an activating group) is 1. The van der Waals surface area contributed by atoms with Crippen LogP contribution in [0.4, 0.5) is 23.2 Å². The second-order valence-corrected chi connectivity index (χ2v) is 9.20. The minimum Gasteiger partial charge on any atom is -0.475 e. The molecule has 0 radical (unpaired) electrons. The van der Waals surface area contributed by atoms with E-state index in [0.29, 0.717) is 31.7 Å². The van der Waals surface area contributed by atoms with Crippen LogP contribution in [0.5, 0.6) is 0 Å². The van der Waals surface area contributed by atoms with E-state index in [1.54, 1.807) is 28.4 Å². The minimum absolute atomic E-state index is 0.0444. The number of hydrogen-bond donors (Lipinski definition) is 1. The van der Waals surface area contributed by atoms with Crippen LogP contribution in [-0.4, -0.2) is 77.6 Å². The number of anilines is 1. The summed E-state index contributed by atoms with van der Waals surface area (Å²) in [6.45, 7) is 2.00. The normalized spacial score (nSPS) is 20.9. The van der Waals surface area contributed by atoms with Crippen LogP contribution in [0.3, 0.4) is 0 Å². The molecule has 1 N–H and O–H groups in total. The number of carbonyl (C=O) groups is 3. The first-order valence-electron chi connectivity index (χ1n) is 10.3. The second-order valence-electron chi connectivity index (χ2n) is 8.16. The smallest absolute Gasteiger partial charge is 0.475 e. The summed E-state index contributed by atoms with van der Waals surface area (Å²) in [6.07, 6.45) is -3.86. The number of carbonyl (C=O) groups excluding carboxylic acids is 2. The Hall–Kier alpha value is -2.99. The third-order valence-corrected chi connectivity index (χ3v) is 6.76. The number of hydrogen-bond acceptors (Lipinski definition) is 5. The third-order valence-electron chi connectivity index (χ3n) is 5.89. The van der Waals surface area contributed by atoms with Gasteiger partial charge in [0.15, 0.2) is 0 Å². The third kappa shape index (κ3) is 5.92. The zero-order chi connectivity index (χ0) is 25.1. The van der Waals surface area contributed by atoms with Crippen LogP contribution in [-0.2, 0) is 20.8 Å². The molecule has 34 heavy (non-hydrogen) atoms. The highest BCUT2D eigenvalue weighted by Crippen LogP contribution is 2.34. The van der Waals surface area contributed by atoms with Crippen molar-refractivity contribution >= 4 is 34.8 Å². The largest absolute Gasteiger partial charge is 0.490 e. The van der Waals surface area contributed by atoms with Crippen molar-refractivity contribution < 1.29 is 37.1 Å². The molecule has 2 aromatic rings. The molecule has 2 aliphatic heterocycles. The van der Waals surface area contributed by atoms with E-state index in [0.717, 1.165) is 11.3 Å². The van der Waals surface area contributed by atoms with Crippen LogP contribution in [0, 0.1) is 5.82 Å². The Morgan fingerprint density at radius 2 is 1.88 bits per heavy atom. The molecular weight excluding hydrogens is 478 g/mol. The van der Waals surface area contributed by atoms with Gasteiger partial charge in [0.1, 0.15) is 5.82 Å². The van der Waals surface area contributed by atoms with Gasteiger partial charge < -0.3 is 14.9 Å². The lowest BCUT2D eigenvalue weighted by atomic mass is 9.92. The van der Waals surface area contributed by atoms with Gasteiger partial charge in [-0.25, -0.2) is 9.18 Å².